The monoisotopic (exact) mass is 238 g/mol. The third kappa shape index (κ3) is 3.51. The predicted molar refractivity (Wildman–Crippen MR) is 62.2 cm³/mol. The van der Waals surface area contributed by atoms with E-state index in [1.807, 2.05) is 6.92 Å². The van der Waals surface area contributed by atoms with E-state index in [0.29, 0.717) is 5.56 Å². The number of rotatable bonds is 5. The van der Waals surface area contributed by atoms with E-state index in [4.69, 9.17) is 0 Å². The minimum atomic E-state index is -0.969. The fourth-order valence-corrected chi connectivity index (χ4v) is 1.66. The van der Waals surface area contributed by atoms with Crippen LogP contribution in [-0.2, 0) is 0 Å². The molecule has 0 spiro atoms. The Morgan fingerprint density at radius 2 is 1.71 bits per heavy atom. The van der Waals surface area contributed by atoms with Crippen LogP contribution in [0.3, 0.4) is 0 Å². The third-order valence-electron chi connectivity index (χ3n) is 2.77. The van der Waals surface area contributed by atoms with Crippen LogP contribution in [0.4, 0.5) is 0 Å². The first kappa shape index (κ1) is 13.1. The van der Waals surface area contributed by atoms with Gasteiger partial charge in [-0.05, 0) is 12.5 Å². The van der Waals surface area contributed by atoms with Crippen molar-refractivity contribution in [3.05, 3.63) is 55.6 Å². The molecule has 2 unspecified atom stereocenters. The summed E-state index contributed by atoms with van der Waals surface area (Å²) in [6, 6.07) is 6.06. The molecule has 0 aromatic heterocycles. The zero-order chi connectivity index (χ0) is 13.0. The Kier molecular flexibility index (Phi) is 4.14. The average molecular weight is 238 g/mol. The van der Waals surface area contributed by atoms with Gasteiger partial charge in [-0.15, -0.1) is 0 Å². The molecule has 0 saturated carbocycles. The topological polar surface area (TPSA) is 86.3 Å². The van der Waals surface area contributed by atoms with Gasteiger partial charge in [-0.1, -0.05) is 29.8 Å². The fourth-order valence-electron chi connectivity index (χ4n) is 1.66. The van der Waals surface area contributed by atoms with E-state index in [0.717, 1.165) is 5.56 Å². The van der Waals surface area contributed by atoms with Crippen LogP contribution in [0.1, 0.15) is 24.0 Å². The Morgan fingerprint density at radius 1 is 1.18 bits per heavy atom. The van der Waals surface area contributed by atoms with Crippen LogP contribution in [0.15, 0.2) is 24.3 Å². The van der Waals surface area contributed by atoms with Crippen molar-refractivity contribution in [2.75, 3.05) is 6.54 Å². The molecule has 1 rings (SSSR count). The third-order valence-corrected chi connectivity index (χ3v) is 2.77. The van der Waals surface area contributed by atoms with Crippen molar-refractivity contribution < 1.29 is 9.85 Å². The maximum absolute atomic E-state index is 10.7. The lowest BCUT2D eigenvalue weighted by atomic mass is 9.92. The summed E-state index contributed by atoms with van der Waals surface area (Å²) in [5, 5.41) is 21.3. The highest BCUT2D eigenvalue weighted by molar-refractivity contribution is 5.25. The second-order valence-electron chi connectivity index (χ2n) is 4.06. The van der Waals surface area contributed by atoms with Crippen molar-refractivity contribution >= 4 is 0 Å². The first-order valence-corrected chi connectivity index (χ1v) is 5.23. The molecule has 0 aliphatic heterocycles. The summed E-state index contributed by atoms with van der Waals surface area (Å²) in [5.74, 6) is -0.694. The SMILES string of the molecule is Cc1ccc(C(C[N+](=O)[O-])C(C)[N+](=O)[O-])cc1. The highest BCUT2D eigenvalue weighted by Crippen LogP contribution is 2.22. The summed E-state index contributed by atoms with van der Waals surface area (Å²) in [6.07, 6.45) is 0. The first-order chi connectivity index (χ1) is 7.91. The van der Waals surface area contributed by atoms with E-state index < -0.39 is 28.4 Å². The van der Waals surface area contributed by atoms with Gasteiger partial charge in [-0.2, -0.15) is 0 Å². The van der Waals surface area contributed by atoms with Gasteiger partial charge in [0, 0.05) is 16.8 Å². The number of nitro groups is 2. The van der Waals surface area contributed by atoms with Crippen molar-refractivity contribution in [2.24, 2.45) is 0 Å². The van der Waals surface area contributed by atoms with Crippen molar-refractivity contribution in [1.29, 1.82) is 0 Å². The molecule has 0 radical (unpaired) electrons. The van der Waals surface area contributed by atoms with Gasteiger partial charge in [0.15, 0.2) is 0 Å². The second-order valence-corrected chi connectivity index (χ2v) is 4.06. The molecule has 92 valence electrons. The highest BCUT2D eigenvalue weighted by Gasteiger charge is 2.32. The molecule has 2 atom stereocenters. The molecule has 0 fully saturated rings. The van der Waals surface area contributed by atoms with Gasteiger partial charge >= 0.3 is 0 Å². The van der Waals surface area contributed by atoms with Crippen LogP contribution >= 0.6 is 0 Å². The van der Waals surface area contributed by atoms with Crippen LogP contribution in [-0.4, -0.2) is 22.4 Å². The number of hydrogen-bond acceptors (Lipinski definition) is 4. The molecule has 1 aromatic carbocycles. The van der Waals surface area contributed by atoms with Gasteiger partial charge < -0.3 is 0 Å². The number of aryl methyl sites for hydroxylation is 1. The van der Waals surface area contributed by atoms with E-state index in [1.165, 1.54) is 6.92 Å². The largest absolute Gasteiger partial charge is 0.265 e. The van der Waals surface area contributed by atoms with Gasteiger partial charge in [0.2, 0.25) is 12.6 Å². The fraction of sp³-hybridized carbons (Fsp3) is 0.455. The Balaban J connectivity index is 3.01. The standard InChI is InChI=1S/C11H14N2O4/c1-8-3-5-10(6-4-8)11(7-12(14)15)9(2)13(16)17/h3-6,9,11H,7H2,1-2H3. The lowest BCUT2D eigenvalue weighted by Gasteiger charge is -2.14. The lowest BCUT2D eigenvalue weighted by Crippen LogP contribution is -2.29. The molecular weight excluding hydrogens is 224 g/mol. The molecular formula is C11H14N2O4. The van der Waals surface area contributed by atoms with E-state index in [1.54, 1.807) is 24.3 Å². The van der Waals surface area contributed by atoms with Gasteiger partial charge in [-0.25, -0.2) is 0 Å². The maximum Gasteiger partial charge on any atom is 0.223 e. The predicted octanol–water partition coefficient (Wildman–Crippen LogP) is 2.02. The Hall–Kier alpha value is -1.98. The summed E-state index contributed by atoms with van der Waals surface area (Å²) in [5.41, 5.74) is 1.65. The summed E-state index contributed by atoms with van der Waals surface area (Å²) in [7, 11) is 0. The van der Waals surface area contributed by atoms with Crippen LogP contribution < -0.4 is 0 Å². The normalized spacial score (nSPS) is 14.0. The summed E-state index contributed by atoms with van der Waals surface area (Å²) in [4.78, 5) is 20.3. The van der Waals surface area contributed by atoms with Crippen LogP contribution in [0.5, 0.6) is 0 Å². The summed E-state index contributed by atoms with van der Waals surface area (Å²) in [6.45, 7) is 2.86. The molecule has 0 saturated heterocycles. The molecule has 0 amide bonds. The van der Waals surface area contributed by atoms with Crippen LogP contribution in [0.2, 0.25) is 0 Å². The van der Waals surface area contributed by atoms with Crippen molar-refractivity contribution in [3.8, 4) is 0 Å². The number of nitrogens with zero attached hydrogens (tertiary/aromatic N) is 2. The molecule has 17 heavy (non-hydrogen) atoms. The Labute approximate surface area is 98.6 Å². The molecule has 0 aliphatic carbocycles. The Morgan fingerprint density at radius 3 is 2.12 bits per heavy atom. The molecule has 0 heterocycles. The van der Waals surface area contributed by atoms with Crippen molar-refractivity contribution in [3.63, 3.8) is 0 Å². The van der Waals surface area contributed by atoms with E-state index in [-0.39, 0.29) is 0 Å². The van der Waals surface area contributed by atoms with E-state index in [9.17, 15) is 20.2 Å². The van der Waals surface area contributed by atoms with Gasteiger partial charge in [0.25, 0.3) is 0 Å². The van der Waals surface area contributed by atoms with Crippen LogP contribution in [0, 0.1) is 27.2 Å². The maximum atomic E-state index is 10.7. The van der Waals surface area contributed by atoms with Crippen molar-refractivity contribution in [2.45, 2.75) is 25.8 Å². The first-order valence-electron chi connectivity index (χ1n) is 5.23. The minimum absolute atomic E-state index is 0.425. The quantitative estimate of drug-likeness (QED) is 0.580. The number of hydrogen-bond donors (Lipinski definition) is 0. The summed E-state index contributed by atoms with van der Waals surface area (Å²) >= 11 is 0. The van der Waals surface area contributed by atoms with Gasteiger partial charge in [0.1, 0.15) is 5.92 Å². The molecule has 0 N–H and O–H groups in total. The molecule has 6 nitrogen and oxygen atoms in total. The zero-order valence-electron chi connectivity index (χ0n) is 9.70. The molecule has 1 aromatic rings. The van der Waals surface area contributed by atoms with Gasteiger partial charge in [0.05, 0.1) is 0 Å². The highest BCUT2D eigenvalue weighted by atomic mass is 16.6. The van der Waals surface area contributed by atoms with Crippen LogP contribution in [0.25, 0.3) is 0 Å². The minimum Gasteiger partial charge on any atom is -0.265 e. The Bertz CT molecular complexity index is 416. The van der Waals surface area contributed by atoms with Crippen molar-refractivity contribution in [1.82, 2.24) is 0 Å². The molecule has 6 heteroatoms. The van der Waals surface area contributed by atoms with Gasteiger partial charge in [-0.3, -0.25) is 20.2 Å². The van der Waals surface area contributed by atoms with E-state index >= 15 is 0 Å². The number of benzene rings is 1. The second kappa shape index (κ2) is 5.38. The van der Waals surface area contributed by atoms with E-state index in [2.05, 4.69) is 0 Å². The lowest BCUT2D eigenvalue weighted by molar-refractivity contribution is -0.543. The smallest absolute Gasteiger partial charge is 0.223 e. The molecule has 0 aliphatic rings. The summed E-state index contributed by atoms with van der Waals surface area (Å²) < 4.78 is 0. The molecule has 0 bridgehead atoms. The zero-order valence-corrected chi connectivity index (χ0v) is 9.70. The average Bonchev–Trinajstić information content (AvgIpc) is 2.26.